The second kappa shape index (κ2) is 6.09. The van der Waals surface area contributed by atoms with Gasteiger partial charge >= 0.3 is 0 Å². The van der Waals surface area contributed by atoms with Crippen molar-refractivity contribution >= 4 is 21.8 Å². The summed E-state index contributed by atoms with van der Waals surface area (Å²) in [5, 5.41) is 12.4. The van der Waals surface area contributed by atoms with Gasteiger partial charge in [0.05, 0.1) is 6.04 Å². The summed E-state index contributed by atoms with van der Waals surface area (Å²) in [5.41, 5.74) is 2.26. The smallest absolute Gasteiger partial charge is 0.251 e. The minimum atomic E-state index is -0.152. The number of carbonyl (C=O) groups is 1. The standard InChI is InChI=1S/C16H16BrNO2/c1-10-8-13(6-7-15(10)19)16(20)18-11(2)12-4-3-5-14(17)9-12/h3-9,11,19H,1-2H3,(H,18,20). The van der Waals surface area contributed by atoms with E-state index in [0.717, 1.165) is 10.0 Å². The first-order valence-electron chi connectivity index (χ1n) is 6.33. The van der Waals surface area contributed by atoms with E-state index in [0.29, 0.717) is 11.1 Å². The fraction of sp³-hybridized carbons (Fsp3) is 0.188. The van der Waals surface area contributed by atoms with Gasteiger partial charge in [0.15, 0.2) is 0 Å². The predicted molar refractivity (Wildman–Crippen MR) is 82.9 cm³/mol. The Morgan fingerprint density at radius 1 is 1.25 bits per heavy atom. The van der Waals surface area contributed by atoms with Crippen LogP contribution in [0.1, 0.15) is 34.5 Å². The number of halogens is 1. The third-order valence-corrected chi connectivity index (χ3v) is 3.65. The molecule has 20 heavy (non-hydrogen) atoms. The molecule has 0 aliphatic carbocycles. The third-order valence-electron chi connectivity index (χ3n) is 3.16. The fourth-order valence-corrected chi connectivity index (χ4v) is 2.35. The number of aryl methyl sites for hydroxylation is 1. The molecule has 0 aromatic heterocycles. The molecule has 1 amide bonds. The molecule has 0 heterocycles. The van der Waals surface area contributed by atoms with Gasteiger partial charge in [0, 0.05) is 10.0 Å². The van der Waals surface area contributed by atoms with Gasteiger partial charge in [-0.05, 0) is 55.3 Å². The summed E-state index contributed by atoms with van der Waals surface area (Å²) in [6, 6.07) is 12.6. The zero-order valence-corrected chi connectivity index (χ0v) is 12.9. The molecule has 0 saturated carbocycles. The Balaban J connectivity index is 2.13. The zero-order chi connectivity index (χ0) is 14.7. The van der Waals surface area contributed by atoms with Crippen LogP contribution in [0.3, 0.4) is 0 Å². The van der Waals surface area contributed by atoms with E-state index in [2.05, 4.69) is 21.2 Å². The molecule has 2 rings (SSSR count). The van der Waals surface area contributed by atoms with E-state index in [9.17, 15) is 9.90 Å². The lowest BCUT2D eigenvalue weighted by Crippen LogP contribution is -2.26. The monoisotopic (exact) mass is 333 g/mol. The summed E-state index contributed by atoms with van der Waals surface area (Å²) in [4.78, 5) is 12.2. The topological polar surface area (TPSA) is 49.3 Å². The van der Waals surface area contributed by atoms with Crippen molar-refractivity contribution in [2.75, 3.05) is 0 Å². The van der Waals surface area contributed by atoms with Crippen LogP contribution in [0.4, 0.5) is 0 Å². The number of aromatic hydroxyl groups is 1. The number of hydrogen-bond donors (Lipinski definition) is 2. The molecule has 2 aromatic rings. The highest BCUT2D eigenvalue weighted by Gasteiger charge is 2.12. The predicted octanol–water partition coefficient (Wildman–Crippen LogP) is 3.95. The van der Waals surface area contributed by atoms with Gasteiger partial charge in [0.2, 0.25) is 0 Å². The maximum Gasteiger partial charge on any atom is 0.251 e. The van der Waals surface area contributed by atoms with Gasteiger partial charge in [-0.3, -0.25) is 4.79 Å². The van der Waals surface area contributed by atoms with Crippen molar-refractivity contribution in [1.29, 1.82) is 0 Å². The summed E-state index contributed by atoms with van der Waals surface area (Å²) in [6.45, 7) is 3.71. The number of hydrogen-bond acceptors (Lipinski definition) is 2. The van der Waals surface area contributed by atoms with Gasteiger partial charge < -0.3 is 10.4 Å². The van der Waals surface area contributed by atoms with Crippen molar-refractivity contribution in [2.45, 2.75) is 19.9 Å². The van der Waals surface area contributed by atoms with E-state index in [-0.39, 0.29) is 17.7 Å². The van der Waals surface area contributed by atoms with Crippen molar-refractivity contribution in [3.8, 4) is 5.75 Å². The molecule has 0 fully saturated rings. The Hall–Kier alpha value is -1.81. The first-order valence-corrected chi connectivity index (χ1v) is 7.12. The van der Waals surface area contributed by atoms with Gasteiger partial charge in [0.1, 0.15) is 5.75 Å². The number of nitrogens with one attached hydrogen (secondary N) is 1. The van der Waals surface area contributed by atoms with Gasteiger partial charge in [-0.1, -0.05) is 28.1 Å². The Morgan fingerprint density at radius 2 is 2.00 bits per heavy atom. The van der Waals surface area contributed by atoms with Gasteiger partial charge in [-0.2, -0.15) is 0 Å². The summed E-state index contributed by atoms with van der Waals surface area (Å²) in [5.74, 6) is 0.0437. The lowest BCUT2D eigenvalue weighted by Gasteiger charge is -2.15. The highest BCUT2D eigenvalue weighted by Crippen LogP contribution is 2.20. The first kappa shape index (κ1) is 14.6. The van der Waals surface area contributed by atoms with Crippen molar-refractivity contribution < 1.29 is 9.90 Å². The molecule has 2 aromatic carbocycles. The quantitative estimate of drug-likeness (QED) is 0.893. The van der Waals surface area contributed by atoms with Crippen LogP contribution in [0.25, 0.3) is 0 Å². The van der Waals surface area contributed by atoms with Crippen LogP contribution < -0.4 is 5.32 Å². The highest BCUT2D eigenvalue weighted by atomic mass is 79.9. The molecule has 104 valence electrons. The third kappa shape index (κ3) is 3.39. The van der Waals surface area contributed by atoms with Crippen LogP contribution in [0, 0.1) is 6.92 Å². The molecule has 2 N–H and O–H groups in total. The molecule has 4 heteroatoms. The lowest BCUT2D eigenvalue weighted by atomic mass is 10.1. The summed E-state index contributed by atoms with van der Waals surface area (Å²) in [7, 11) is 0. The Morgan fingerprint density at radius 3 is 2.65 bits per heavy atom. The average molecular weight is 334 g/mol. The second-order valence-corrected chi connectivity index (χ2v) is 5.67. The molecule has 0 spiro atoms. The van der Waals surface area contributed by atoms with E-state index >= 15 is 0 Å². The second-order valence-electron chi connectivity index (χ2n) is 4.75. The van der Waals surface area contributed by atoms with E-state index < -0.39 is 0 Å². The lowest BCUT2D eigenvalue weighted by molar-refractivity contribution is 0.0940. The number of amides is 1. The van der Waals surface area contributed by atoms with E-state index in [1.165, 1.54) is 6.07 Å². The first-order chi connectivity index (χ1) is 9.47. The van der Waals surface area contributed by atoms with Crippen LogP contribution in [0.15, 0.2) is 46.9 Å². The molecule has 0 aliphatic heterocycles. The van der Waals surface area contributed by atoms with Crippen molar-refractivity contribution in [3.05, 3.63) is 63.6 Å². The number of benzene rings is 2. The molecule has 0 bridgehead atoms. The van der Waals surface area contributed by atoms with Gasteiger partial charge in [-0.25, -0.2) is 0 Å². The number of rotatable bonds is 3. The largest absolute Gasteiger partial charge is 0.508 e. The number of carbonyl (C=O) groups excluding carboxylic acids is 1. The van der Waals surface area contributed by atoms with E-state index in [4.69, 9.17) is 0 Å². The van der Waals surface area contributed by atoms with Gasteiger partial charge in [-0.15, -0.1) is 0 Å². The van der Waals surface area contributed by atoms with Crippen LogP contribution in [0.5, 0.6) is 5.75 Å². The average Bonchev–Trinajstić information content (AvgIpc) is 2.41. The molecule has 0 saturated heterocycles. The molecule has 1 atom stereocenters. The minimum Gasteiger partial charge on any atom is -0.508 e. The van der Waals surface area contributed by atoms with Crippen molar-refractivity contribution in [3.63, 3.8) is 0 Å². The highest BCUT2D eigenvalue weighted by molar-refractivity contribution is 9.10. The number of phenolic OH excluding ortho intramolecular Hbond substituents is 1. The maximum atomic E-state index is 12.2. The van der Waals surface area contributed by atoms with Crippen LogP contribution in [-0.4, -0.2) is 11.0 Å². The van der Waals surface area contributed by atoms with E-state index in [1.54, 1.807) is 19.1 Å². The normalized spacial score (nSPS) is 11.9. The Kier molecular flexibility index (Phi) is 4.45. The maximum absolute atomic E-state index is 12.2. The van der Waals surface area contributed by atoms with Crippen LogP contribution in [0.2, 0.25) is 0 Å². The fourth-order valence-electron chi connectivity index (χ4n) is 1.94. The van der Waals surface area contributed by atoms with Crippen molar-refractivity contribution in [1.82, 2.24) is 5.32 Å². The summed E-state index contributed by atoms with van der Waals surface area (Å²) < 4.78 is 0.983. The molecule has 1 unspecified atom stereocenters. The molecular formula is C16H16BrNO2. The minimum absolute atomic E-state index is 0.0888. The molecular weight excluding hydrogens is 318 g/mol. The molecule has 0 aliphatic rings. The van der Waals surface area contributed by atoms with Crippen LogP contribution >= 0.6 is 15.9 Å². The van der Waals surface area contributed by atoms with Crippen LogP contribution in [-0.2, 0) is 0 Å². The number of phenols is 1. The Bertz CT molecular complexity index is 640. The van der Waals surface area contributed by atoms with Crippen molar-refractivity contribution in [2.24, 2.45) is 0 Å². The SMILES string of the molecule is Cc1cc(C(=O)NC(C)c2cccc(Br)c2)ccc1O. The molecule has 0 radical (unpaired) electrons. The summed E-state index contributed by atoms with van der Waals surface area (Å²) >= 11 is 3.42. The Labute approximate surface area is 126 Å². The molecule has 3 nitrogen and oxygen atoms in total. The van der Waals surface area contributed by atoms with Gasteiger partial charge in [0.25, 0.3) is 5.91 Å². The summed E-state index contributed by atoms with van der Waals surface area (Å²) in [6.07, 6.45) is 0. The zero-order valence-electron chi connectivity index (χ0n) is 11.4. The van der Waals surface area contributed by atoms with E-state index in [1.807, 2.05) is 31.2 Å².